The highest BCUT2D eigenvalue weighted by atomic mass is 16.5. The van der Waals surface area contributed by atoms with Crippen molar-refractivity contribution in [1.29, 1.82) is 5.26 Å². The van der Waals surface area contributed by atoms with Crippen LogP contribution in [-0.4, -0.2) is 24.2 Å². The Morgan fingerprint density at radius 1 is 1.56 bits per heavy atom. The fourth-order valence-electron chi connectivity index (χ4n) is 1.87. The molecule has 0 unspecified atom stereocenters. The Hall–Kier alpha value is -1.60. The van der Waals surface area contributed by atoms with Crippen molar-refractivity contribution < 1.29 is 4.74 Å². The summed E-state index contributed by atoms with van der Waals surface area (Å²) in [6.07, 6.45) is 3.41. The molecule has 0 aliphatic heterocycles. The lowest BCUT2D eigenvalue weighted by Crippen LogP contribution is -2.45. The smallest absolute Gasteiger partial charge is 0.142 e. The maximum absolute atomic E-state index is 8.73. The molecule has 1 aliphatic carbocycles. The van der Waals surface area contributed by atoms with E-state index in [9.17, 15) is 0 Å². The number of hydrogen-bond acceptors (Lipinski definition) is 4. The van der Waals surface area contributed by atoms with E-state index in [1.807, 2.05) is 18.2 Å². The fraction of sp³-hybridized carbons (Fsp3) is 0.500. The first kappa shape index (κ1) is 10.9. The molecule has 4 nitrogen and oxygen atoms in total. The number of rotatable bonds is 4. The number of anilines is 1. The monoisotopic (exact) mass is 217 g/mol. The van der Waals surface area contributed by atoms with Crippen LogP contribution in [0.25, 0.3) is 0 Å². The Kier molecular flexibility index (Phi) is 3.07. The van der Waals surface area contributed by atoms with Crippen molar-refractivity contribution in [3.8, 4) is 6.07 Å². The third-order valence-corrected chi connectivity index (χ3v) is 3.15. The van der Waals surface area contributed by atoms with Gasteiger partial charge in [0.05, 0.1) is 5.60 Å². The number of nitrogens with zero attached hydrogens (tertiary/aromatic N) is 2. The molecule has 0 atom stereocenters. The lowest BCUT2D eigenvalue weighted by atomic mass is 9.80. The lowest BCUT2D eigenvalue weighted by molar-refractivity contribution is -0.0601. The average Bonchev–Trinajstić information content (AvgIpc) is 2.29. The van der Waals surface area contributed by atoms with Crippen molar-refractivity contribution in [2.75, 3.05) is 19.0 Å². The minimum atomic E-state index is -0.0235. The normalized spacial score (nSPS) is 17.2. The molecule has 84 valence electrons. The molecule has 16 heavy (non-hydrogen) atoms. The molecular formula is C12H15N3O. The van der Waals surface area contributed by atoms with Crippen LogP contribution in [0.5, 0.6) is 0 Å². The van der Waals surface area contributed by atoms with Crippen molar-refractivity contribution in [3.05, 3.63) is 23.9 Å². The lowest BCUT2D eigenvalue weighted by Gasteiger charge is -2.40. The largest absolute Gasteiger partial charge is 0.376 e. The van der Waals surface area contributed by atoms with Gasteiger partial charge in [-0.3, -0.25) is 0 Å². The van der Waals surface area contributed by atoms with Crippen molar-refractivity contribution in [3.63, 3.8) is 0 Å². The number of aromatic nitrogens is 1. The first-order chi connectivity index (χ1) is 7.78. The van der Waals surface area contributed by atoms with E-state index in [1.165, 1.54) is 6.42 Å². The maximum atomic E-state index is 8.73. The summed E-state index contributed by atoms with van der Waals surface area (Å²) in [6.45, 7) is 0.755. The van der Waals surface area contributed by atoms with Crippen LogP contribution in [0.1, 0.15) is 25.0 Å². The number of methoxy groups -OCH3 is 1. The van der Waals surface area contributed by atoms with Gasteiger partial charge < -0.3 is 10.1 Å². The number of nitriles is 1. The standard InChI is InChI=1S/C12H15N3O/c1-16-12(6-3-7-12)9-14-11-5-2-4-10(8-13)15-11/h2,4-5H,3,6-7,9H2,1H3,(H,14,15). The number of ether oxygens (including phenoxy) is 1. The van der Waals surface area contributed by atoms with Crippen molar-refractivity contribution in [2.24, 2.45) is 0 Å². The predicted molar refractivity (Wildman–Crippen MR) is 61.0 cm³/mol. The van der Waals surface area contributed by atoms with Gasteiger partial charge in [0.2, 0.25) is 0 Å². The highest BCUT2D eigenvalue weighted by Crippen LogP contribution is 2.34. The zero-order chi connectivity index (χ0) is 11.4. The van der Waals surface area contributed by atoms with Crippen LogP contribution in [0.2, 0.25) is 0 Å². The molecule has 1 heterocycles. The second-order valence-electron chi connectivity index (χ2n) is 4.11. The van der Waals surface area contributed by atoms with E-state index in [1.54, 1.807) is 13.2 Å². The summed E-state index contributed by atoms with van der Waals surface area (Å²) >= 11 is 0. The van der Waals surface area contributed by atoms with E-state index < -0.39 is 0 Å². The molecule has 0 radical (unpaired) electrons. The first-order valence-electron chi connectivity index (χ1n) is 5.44. The maximum Gasteiger partial charge on any atom is 0.142 e. The van der Waals surface area contributed by atoms with E-state index in [2.05, 4.69) is 10.3 Å². The van der Waals surface area contributed by atoms with Gasteiger partial charge in [-0.15, -0.1) is 0 Å². The molecule has 0 spiro atoms. The molecule has 2 rings (SSSR count). The molecule has 1 aromatic rings. The third kappa shape index (κ3) is 2.15. The molecule has 0 aromatic carbocycles. The summed E-state index contributed by atoms with van der Waals surface area (Å²) in [4.78, 5) is 4.16. The van der Waals surface area contributed by atoms with Crippen molar-refractivity contribution in [2.45, 2.75) is 24.9 Å². The zero-order valence-corrected chi connectivity index (χ0v) is 9.36. The Balaban J connectivity index is 1.96. The quantitative estimate of drug-likeness (QED) is 0.837. The summed E-state index contributed by atoms with van der Waals surface area (Å²) < 4.78 is 5.50. The van der Waals surface area contributed by atoms with Gasteiger partial charge in [0.1, 0.15) is 17.6 Å². The van der Waals surface area contributed by atoms with E-state index in [0.717, 1.165) is 25.2 Å². The van der Waals surface area contributed by atoms with Crippen LogP contribution in [0.15, 0.2) is 18.2 Å². The van der Waals surface area contributed by atoms with Crippen molar-refractivity contribution in [1.82, 2.24) is 4.98 Å². The molecule has 0 bridgehead atoms. The van der Waals surface area contributed by atoms with Gasteiger partial charge >= 0.3 is 0 Å². The van der Waals surface area contributed by atoms with Crippen LogP contribution in [0, 0.1) is 11.3 Å². The SMILES string of the molecule is COC1(CNc2cccc(C#N)n2)CCC1. The van der Waals surface area contributed by atoms with Gasteiger partial charge in [0, 0.05) is 13.7 Å². The zero-order valence-electron chi connectivity index (χ0n) is 9.36. The second kappa shape index (κ2) is 4.50. The molecular weight excluding hydrogens is 202 g/mol. The molecule has 1 aromatic heterocycles. The second-order valence-corrected chi connectivity index (χ2v) is 4.11. The minimum absolute atomic E-state index is 0.0235. The predicted octanol–water partition coefficient (Wildman–Crippen LogP) is 1.93. The van der Waals surface area contributed by atoms with Gasteiger partial charge in [-0.05, 0) is 31.4 Å². The number of pyridine rings is 1. The molecule has 1 saturated carbocycles. The van der Waals surface area contributed by atoms with E-state index in [-0.39, 0.29) is 5.60 Å². The van der Waals surface area contributed by atoms with E-state index >= 15 is 0 Å². The highest BCUT2D eigenvalue weighted by Gasteiger charge is 2.36. The Labute approximate surface area is 95.3 Å². The molecule has 1 aliphatic rings. The summed E-state index contributed by atoms with van der Waals surface area (Å²) in [5.74, 6) is 0.738. The minimum Gasteiger partial charge on any atom is -0.376 e. The average molecular weight is 217 g/mol. The summed E-state index contributed by atoms with van der Waals surface area (Å²) in [7, 11) is 1.75. The first-order valence-corrected chi connectivity index (χ1v) is 5.44. The van der Waals surface area contributed by atoms with Gasteiger partial charge in [-0.1, -0.05) is 6.07 Å². The summed E-state index contributed by atoms with van der Waals surface area (Å²) in [5, 5.41) is 12.0. The molecule has 1 fully saturated rings. The van der Waals surface area contributed by atoms with Gasteiger partial charge in [-0.2, -0.15) is 5.26 Å². The van der Waals surface area contributed by atoms with E-state index in [0.29, 0.717) is 5.69 Å². The van der Waals surface area contributed by atoms with Gasteiger partial charge in [0.15, 0.2) is 0 Å². The third-order valence-electron chi connectivity index (χ3n) is 3.15. The number of nitrogens with one attached hydrogen (secondary N) is 1. The molecule has 0 saturated heterocycles. The number of hydrogen-bond donors (Lipinski definition) is 1. The summed E-state index contributed by atoms with van der Waals surface area (Å²) in [6, 6.07) is 7.41. The molecule has 0 amide bonds. The Morgan fingerprint density at radius 3 is 2.94 bits per heavy atom. The Morgan fingerprint density at radius 2 is 2.38 bits per heavy atom. The highest BCUT2D eigenvalue weighted by molar-refractivity contribution is 5.38. The van der Waals surface area contributed by atoms with Gasteiger partial charge in [-0.25, -0.2) is 4.98 Å². The van der Waals surface area contributed by atoms with Crippen LogP contribution in [-0.2, 0) is 4.74 Å². The topological polar surface area (TPSA) is 57.9 Å². The van der Waals surface area contributed by atoms with Crippen LogP contribution < -0.4 is 5.32 Å². The van der Waals surface area contributed by atoms with E-state index in [4.69, 9.17) is 10.00 Å². The van der Waals surface area contributed by atoms with Crippen LogP contribution in [0.3, 0.4) is 0 Å². The molecule has 1 N–H and O–H groups in total. The van der Waals surface area contributed by atoms with Gasteiger partial charge in [0.25, 0.3) is 0 Å². The van der Waals surface area contributed by atoms with Crippen molar-refractivity contribution >= 4 is 5.82 Å². The summed E-state index contributed by atoms with van der Waals surface area (Å²) in [5.41, 5.74) is 0.412. The molecule has 4 heteroatoms. The van der Waals surface area contributed by atoms with Crippen LogP contribution in [0.4, 0.5) is 5.82 Å². The fourth-order valence-corrected chi connectivity index (χ4v) is 1.87. The van der Waals surface area contributed by atoms with Crippen LogP contribution >= 0.6 is 0 Å². The Bertz CT molecular complexity index is 401.